The summed E-state index contributed by atoms with van der Waals surface area (Å²) in [5.41, 5.74) is 1.66. The normalized spacial score (nSPS) is 10.9. The lowest BCUT2D eigenvalue weighted by atomic mass is 9.95. The molecule has 4 nitrogen and oxygen atoms in total. The van der Waals surface area contributed by atoms with Crippen LogP contribution in [0.25, 0.3) is 0 Å². The van der Waals surface area contributed by atoms with E-state index < -0.39 is 5.54 Å². The SMILES string of the molecule is Cc1ccc(NC(=O)NC(C)(C)c2ccccc2)nc1. The zero-order valence-electron chi connectivity index (χ0n) is 12.0. The first kappa shape index (κ1) is 14.1. The summed E-state index contributed by atoms with van der Waals surface area (Å²) in [6, 6.07) is 13.3. The molecule has 2 aromatic rings. The molecule has 1 aromatic heterocycles. The molecule has 0 aliphatic rings. The topological polar surface area (TPSA) is 54.0 Å². The van der Waals surface area contributed by atoms with E-state index in [1.165, 1.54) is 0 Å². The number of amides is 2. The number of aryl methyl sites for hydroxylation is 1. The van der Waals surface area contributed by atoms with Gasteiger partial charge < -0.3 is 5.32 Å². The lowest BCUT2D eigenvalue weighted by molar-refractivity contribution is 0.242. The largest absolute Gasteiger partial charge is 0.329 e. The minimum atomic E-state index is -0.448. The molecule has 2 amide bonds. The molecule has 0 radical (unpaired) electrons. The van der Waals surface area contributed by atoms with Gasteiger partial charge in [-0.05, 0) is 38.0 Å². The summed E-state index contributed by atoms with van der Waals surface area (Å²) in [6.07, 6.45) is 1.72. The van der Waals surface area contributed by atoms with Crippen molar-refractivity contribution in [1.29, 1.82) is 0 Å². The van der Waals surface area contributed by atoms with E-state index in [-0.39, 0.29) is 6.03 Å². The number of hydrogen-bond donors (Lipinski definition) is 2. The number of urea groups is 1. The van der Waals surface area contributed by atoms with Crippen LogP contribution in [0.2, 0.25) is 0 Å². The maximum Gasteiger partial charge on any atom is 0.321 e. The molecule has 0 aliphatic heterocycles. The highest BCUT2D eigenvalue weighted by molar-refractivity contribution is 5.88. The Morgan fingerprint density at radius 1 is 1.10 bits per heavy atom. The van der Waals surface area contributed by atoms with Gasteiger partial charge in [0.2, 0.25) is 0 Å². The second kappa shape index (κ2) is 5.74. The van der Waals surface area contributed by atoms with E-state index in [1.54, 1.807) is 12.3 Å². The van der Waals surface area contributed by atoms with Crippen molar-refractivity contribution in [3.8, 4) is 0 Å². The minimum Gasteiger partial charge on any atom is -0.329 e. The van der Waals surface area contributed by atoms with Crippen molar-refractivity contribution < 1.29 is 4.79 Å². The molecule has 1 heterocycles. The summed E-state index contributed by atoms with van der Waals surface area (Å²) in [6.45, 7) is 5.88. The van der Waals surface area contributed by atoms with Crippen LogP contribution in [0.5, 0.6) is 0 Å². The van der Waals surface area contributed by atoms with Crippen LogP contribution in [-0.4, -0.2) is 11.0 Å². The molecule has 0 atom stereocenters. The molecule has 0 bridgehead atoms. The van der Waals surface area contributed by atoms with Gasteiger partial charge in [-0.1, -0.05) is 36.4 Å². The highest BCUT2D eigenvalue weighted by Gasteiger charge is 2.22. The third-order valence-corrected chi connectivity index (χ3v) is 3.07. The number of rotatable bonds is 3. The zero-order valence-corrected chi connectivity index (χ0v) is 12.0. The minimum absolute atomic E-state index is 0.268. The predicted molar refractivity (Wildman–Crippen MR) is 80.6 cm³/mol. The van der Waals surface area contributed by atoms with E-state index in [0.717, 1.165) is 11.1 Å². The van der Waals surface area contributed by atoms with Crippen molar-refractivity contribution >= 4 is 11.8 Å². The smallest absolute Gasteiger partial charge is 0.321 e. The van der Waals surface area contributed by atoms with Crippen LogP contribution in [-0.2, 0) is 5.54 Å². The Balaban J connectivity index is 2.02. The van der Waals surface area contributed by atoms with E-state index >= 15 is 0 Å². The third-order valence-electron chi connectivity index (χ3n) is 3.07. The maximum absolute atomic E-state index is 12.0. The van der Waals surface area contributed by atoms with Crippen LogP contribution in [0.1, 0.15) is 25.0 Å². The molecular weight excluding hydrogens is 250 g/mol. The molecule has 0 saturated heterocycles. The number of carbonyl (C=O) groups excluding carboxylic acids is 1. The van der Waals surface area contributed by atoms with Gasteiger partial charge in [-0.2, -0.15) is 0 Å². The van der Waals surface area contributed by atoms with Crippen molar-refractivity contribution in [3.63, 3.8) is 0 Å². The van der Waals surface area contributed by atoms with Gasteiger partial charge in [-0.25, -0.2) is 9.78 Å². The average Bonchev–Trinajstić information content (AvgIpc) is 2.42. The molecule has 2 N–H and O–H groups in total. The molecule has 0 saturated carbocycles. The number of carbonyl (C=O) groups is 1. The maximum atomic E-state index is 12.0. The number of pyridine rings is 1. The van der Waals surface area contributed by atoms with E-state index in [1.807, 2.05) is 57.2 Å². The lowest BCUT2D eigenvalue weighted by Crippen LogP contribution is -2.43. The number of anilines is 1. The fourth-order valence-electron chi connectivity index (χ4n) is 1.90. The monoisotopic (exact) mass is 269 g/mol. The molecule has 0 unspecified atom stereocenters. The molecule has 4 heteroatoms. The molecule has 104 valence electrons. The van der Waals surface area contributed by atoms with Gasteiger partial charge in [-0.15, -0.1) is 0 Å². The van der Waals surface area contributed by atoms with Crippen LogP contribution in [0.3, 0.4) is 0 Å². The average molecular weight is 269 g/mol. The standard InChI is InChI=1S/C16H19N3O/c1-12-9-10-14(17-11-12)18-15(20)19-16(2,3)13-7-5-4-6-8-13/h4-11H,1-3H3,(H2,17,18,19,20). The molecule has 2 rings (SSSR count). The van der Waals surface area contributed by atoms with Gasteiger partial charge in [0.15, 0.2) is 0 Å². The van der Waals surface area contributed by atoms with Crippen molar-refractivity contribution in [1.82, 2.24) is 10.3 Å². The van der Waals surface area contributed by atoms with E-state index in [4.69, 9.17) is 0 Å². The van der Waals surface area contributed by atoms with Crippen molar-refractivity contribution in [2.45, 2.75) is 26.3 Å². The van der Waals surface area contributed by atoms with Crippen LogP contribution < -0.4 is 10.6 Å². The Kier molecular flexibility index (Phi) is 4.03. The highest BCUT2D eigenvalue weighted by atomic mass is 16.2. The van der Waals surface area contributed by atoms with Crippen molar-refractivity contribution in [2.75, 3.05) is 5.32 Å². The first-order valence-electron chi connectivity index (χ1n) is 6.55. The second-order valence-electron chi connectivity index (χ2n) is 5.29. The summed E-state index contributed by atoms with van der Waals surface area (Å²) in [5, 5.41) is 5.68. The molecule has 1 aromatic carbocycles. The Labute approximate surface area is 119 Å². The van der Waals surface area contributed by atoms with Crippen LogP contribution in [0.15, 0.2) is 48.7 Å². The fourth-order valence-corrected chi connectivity index (χ4v) is 1.90. The van der Waals surface area contributed by atoms with Crippen LogP contribution in [0.4, 0.5) is 10.6 Å². The van der Waals surface area contributed by atoms with E-state index in [0.29, 0.717) is 5.82 Å². The number of nitrogens with zero attached hydrogens (tertiary/aromatic N) is 1. The molecular formula is C16H19N3O. The first-order chi connectivity index (χ1) is 9.47. The van der Waals surface area contributed by atoms with Gasteiger partial charge in [-0.3, -0.25) is 5.32 Å². The molecule has 0 fully saturated rings. The summed E-state index contributed by atoms with van der Waals surface area (Å²) in [4.78, 5) is 16.2. The van der Waals surface area contributed by atoms with Gasteiger partial charge >= 0.3 is 6.03 Å². The van der Waals surface area contributed by atoms with Crippen LogP contribution in [0, 0.1) is 6.92 Å². The van der Waals surface area contributed by atoms with Crippen LogP contribution >= 0.6 is 0 Å². The predicted octanol–water partition coefficient (Wildman–Crippen LogP) is 3.45. The van der Waals surface area contributed by atoms with E-state index in [9.17, 15) is 4.79 Å². The van der Waals surface area contributed by atoms with Gasteiger partial charge in [0.25, 0.3) is 0 Å². The Hall–Kier alpha value is -2.36. The Bertz CT molecular complexity index is 576. The number of nitrogens with one attached hydrogen (secondary N) is 2. The van der Waals surface area contributed by atoms with Crippen molar-refractivity contribution in [3.05, 3.63) is 59.8 Å². The molecule has 0 spiro atoms. The summed E-state index contributed by atoms with van der Waals surface area (Å²) in [5.74, 6) is 0.539. The van der Waals surface area contributed by atoms with Gasteiger partial charge in [0.1, 0.15) is 5.82 Å². The summed E-state index contributed by atoms with van der Waals surface area (Å²) < 4.78 is 0. The number of hydrogen-bond acceptors (Lipinski definition) is 2. The summed E-state index contributed by atoms with van der Waals surface area (Å²) >= 11 is 0. The number of aromatic nitrogens is 1. The third kappa shape index (κ3) is 3.57. The molecule has 20 heavy (non-hydrogen) atoms. The zero-order chi connectivity index (χ0) is 14.6. The fraction of sp³-hybridized carbons (Fsp3) is 0.250. The lowest BCUT2D eigenvalue weighted by Gasteiger charge is -2.26. The number of benzene rings is 1. The first-order valence-corrected chi connectivity index (χ1v) is 6.55. The Morgan fingerprint density at radius 3 is 2.40 bits per heavy atom. The summed E-state index contributed by atoms with van der Waals surface area (Å²) in [7, 11) is 0. The molecule has 0 aliphatic carbocycles. The quantitative estimate of drug-likeness (QED) is 0.896. The van der Waals surface area contributed by atoms with E-state index in [2.05, 4.69) is 15.6 Å². The van der Waals surface area contributed by atoms with Gasteiger partial charge in [0.05, 0.1) is 5.54 Å². The van der Waals surface area contributed by atoms with Crippen molar-refractivity contribution in [2.24, 2.45) is 0 Å². The highest BCUT2D eigenvalue weighted by Crippen LogP contribution is 2.19. The van der Waals surface area contributed by atoms with Gasteiger partial charge in [0, 0.05) is 6.20 Å². The Morgan fingerprint density at radius 2 is 1.80 bits per heavy atom. The second-order valence-corrected chi connectivity index (χ2v) is 5.29.